The first-order valence-electron chi connectivity index (χ1n) is 8.83. The van der Waals surface area contributed by atoms with Gasteiger partial charge < -0.3 is 10.2 Å². The number of amides is 1. The molecule has 26 heavy (non-hydrogen) atoms. The minimum atomic E-state index is -0.230. The zero-order valence-corrected chi connectivity index (χ0v) is 16.5. The lowest BCUT2D eigenvalue weighted by Crippen LogP contribution is -2.36. The number of hydrogen-bond donors (Lipinski definition) is 1. The molecule has 0 spiro atoms. The number of nitrogens with one attached hydrogen (secondary N) is 1. The summed E-state index contributed by atoms with van der Waals surface area (Å²) in [6.07, 6.45) is 1.55. The van der Waals surface area contributed by atoms with E-state index in [2.05, 4.69) is 28.3 Å². The van der Waals surface area contributed by atoms with Gasteiger partial charge in [0.1, 0.15) is 17.9 Å². The lowest BCUT2D eigenvalue weighted by Gasteiger charge is -2.11. The van der Waals surface area contributed by atoms with Crippen LogP contribution in [0, 0.1) is 6.92 Å². The Morgan fingerprint density at radius 1 is 1.31 bits per heavy atom. The van der Waals surface area contributed by atoms with Crippen LogP contribution in [-0.2, 0) is 17.8 Å². The normalized spacial score (nSPS) is 11.7. The summed E-state index contributed by atoms with van der Waals surface area (Å²) < 4.78 is 4.28. The molecule has 0 atom stereocenters. The Bertz CT molecular complexity index is 998. The Morgan fingerprint density at radius 3 is 2.77 bits per heavy atom. The Balaban J connectivity index is 1.86. The van der Waals surface area contributed by atoms with Crippen LogP contribution in [0.25, 0.3) is 15.7 Å². The summed E-state index contributed by atoms with van der Waals surface area (Å²) in [5, 5.41) is 7.31. The number of aryl methyl sites for hydroxylation is 2. The molecule has 0 fully saturated rings. The third-order valence-corrected chi connectivity index (χ3v) is 5.26. The predicted molar refractivity (Wildman–Crippen MR) is 105 cm³/mol. The summed E-state index contributed by atoms with van der Waals surface area (Å²) in [6.45, 7) is 5.50. The van der Waals surface area contributed by atoms with Crippen LogP contribution in [0.4, 0.5) is 0 Å². The van der Waals surface area contributed by atoms with Gasteiger partial charge >= 0.3 is 0 Å². The Morgan fingerprint density at radius 2 is 2.08 bits per heavy atom. The number of nitrogens with zero attached hydrogens (tertiary/aromatic N) is 4. The molecule has 7 nitrogen and oxygen atoms in total. The van der Waals surface area contributed by atoms with Crippen molar-refractivity contribution in [2.24, 2.45) is 0 Å². The number of fused-ring (bicyclic) bond motifs is 3. The van der Waals surface area contributed by atoms with Crippen molar-refractivity contribution >= 4 is 33.0 Å². The third kappa shape index (κ3) is 3.66. The van der Waals surface area contributed by atoms with E-state index >= 15 is 0 Å². The molecule has 0 aliphatic carbocycles. The zero-order valence-electron chi connectivity index (χ0n) is 15.7. The average molecular weight is 375 g/mol. The standard InChI is InChI=1S/C18H25N5O2S/c1-5-16-20-22(11-17(24)19-7-6-8-21(3)4)18(25)14-10-15-13(23(14)16)9-12(2)26-15/h9-10H,5-8,11H2,1-4H3,(H,19,24). The first-order valence-corrected chi connectivity index (χ1v) is 9.65. The minimum Gasteiger partial charge on any atom is -0.354 e. The first kappa shape index (κ1) is 18.6. The average Bonchev–Trinajstić information content (AvgIpc) is 3.10. The first-order chi connectivity index (χ1) is 12.4. The van der Waals surface area contributed by atoms with E-state index in [0.717, 1.165) is 29.0 Å². The van der Waals surface area contributed by atoms with Gasteiger partial charge in [-0.25, -0.2) is 4.68 Å². The molecule has 140 valence electrons. The fraction of sp³-hybridized carbons (Fsp3) is 0.500. The van der Waals surface area contributed by atoms with Crippen LogP contribution in [0.15, 0.2) is 16.9 Å². The number of hydrogen-bond acceptors (Lipinski definition) is 5. The summed E-state index contributed by atoms with van der Waals surface area (Å²) in [5.74, 6) is 0.599. The molecule has 0 saturated carbocycles. The second-order valence-corrected chi connectivity index (χ2v) is 8.00. The van der Waals surface area contributed by atoms with Crippen LogP contribution in [-0.4, -0.2) is 52.2 Å². The zero-order chi connectivity index (χ0) is 18.8. The van der Waals surface area contributed by atoms with E-state index in [4.69, 9.17) is 0 Å². The Labute approximate surface area is 156 Å². The number of rotatable bonds is 7. The molecule has 1 amide bonds. The summed E-state index contributed by atoms with van der Waals surface area (Å²) in [7, 11) is 3.99. The van der Waals surface area contributed by atoms with Gasteiger partial charge in [0.25, 0.3) is 5.56 Å². The van der Waals surface area contributed by atoms with Crippen LogP contribution < -0.4 is 10.9 Å². The SMILES string of the molecule is CCc1nn(CC(=O)NCCCN(C)C)c(=O)c2cc3sc(C)cc3n12. The topological polar surface area (TPSA) is 71.6 Å². The molecule has 8 heteroatoms. The van der Waals surface area contributed by atoms with Gasteiger partial charge in [-0.15, -0.1) is 11.3 Å². The van der Waals surface area contributed by atoms with E-state index in [0.29, 0.717) is 18.5 Å². The number of aromatic nitrogens is 3. The van der Waals surface area contributed by atoms with Crippen molar-refractivity contribution in [3.63, 3.8) is 0 Å². The summed E-state index contributed by atoms with van der Waals surface area (Å²) >= 11 is 1.66. The van der Waals surface area contributed by atoms with Crippen molar-refractivity contribution in [3.8, 4) is 0 Å². The highest BCUT2D eigenvalue weighted by molar-refractivity contribution is 7.19. The predicted octanol–water partition coefficient (Wildman–Crippen LogP) is 1.65. The van der Waals surface area contributed by atoms with Crippen LogP contribution in [0.2, 0.25) is 0 Å². The molecule has 0 unspecified atom stereocenters. The van der Waals surface area contributed by atoms with Crippen LogP contribution in [0.3, 0.4) is 0 Å². The second kappa shape index (κ2) is 7.59. The Hall–Kier alpha value is -2.19. The molecule has 3 rings (SSSR count). The van der Waals surface area contributed by atoms with E-state index in [1.807, 2.05) is 31.5 Å². The summed E-state index contributed by atoms with van der Waals surface area (Å²) in [5.41, 5.74) is 1.37. The van der Waals surface area contributed by atoms with Crippen LogP contribution >= 0.6 is 11.3 Å². The van der Waals surface area contributed by atoms with E-state index in [1.165, 1.54) is 9.56 Å². The minimum absolute atomic E-state index is 0.0534. The van der Waals surface area contributed by atoms with Gasteiger partial charge in [-0.3, -0.25) is 14.0 Å². The van der Waals surface area contributed by atoms with E-state index in [9.17, 15) is 9.59 Å². The van der Waals surface area contributed by atoms with Crippen LogP contribution in [0.5, 0.6) is 0 Å². The molecular formula is C18H25N5O2S. The van der Waals surface area contributed by atoms with E-state index in [1.54, 1.807) is 11.3 Å². The molecule has 3 heterocycles. The van der Waals surface area contributed by atoms with Crippen molar-refractivity contribution in [1.82, 2.24) is 24.4 Å². The molecule has 0 aromatic carbocycles. The molecule has 0 aliphatic heterocycles. The van der Waals surface area contributed by atoms with Gasteiger partial charge in [0.15, 0.2) is 0 Å². The largest absolute Gasteiger partial charge is 0.354 e. The molecule has 1 N–H and O–H groups in total. The monoisotopic (exact) mass is 375 g/mol. The number of thiophene rings is 1. The summed E-state index contributed by atoms with van der Waals surface area (Å²) in [6, 6.07) is 3.98. The van der Waals surface area contributed by atoms with Crippen LogP contribution in [0.1, 0.15) is 24.0 Å². The molecule has 0 aliphatic rings. The van der Waals surface area contributed by atoms with Gasteiger partial charge in [0.2, 0.25) is 5.91 Å². The number of carbonyl (C=O) groups is 1. The quantitative estimate of drug-likeness (QED) is 0.638. The van der Waals surface area contributed by atoms with Gasteiger partial charge in [0.05, 0.1) is 10.2 Å². The van der Waals surface area contributed by atoms with Crippen molar-refractivity contribution in [1.29, 1.82) is 0 Å². The smallest absolute Gasteiger partial charge is 0.291 e. The van der Waals surface area contributed by atoms with Crippen molar-refractivity contribution in [3.05, 3.63) is 33.2 Å². The molecule has 3 aromatic heterocycles. The number of carbonyl (C=O) groups excluding carboxylic acids is 1. The highest BCUT2D eigenvalue weighted by Gasteiger charge is 2.16. The van der Waals surface area contributed by atoms with Gasteiger partial charge in [-0.1, -0.05) is 6.92 Å². The highest BCUT2D eigenvalue weighted by Crippen LogP contribution is 2.28. The lowest BCUT2D eigenvalue weighted by molar-refractivity contribution is -0.121. The lowest BCUT2D eigenvalue weighted by atomic mass is 10.4. The molecule has 0 bridgehead atoms. The van der Waals surface area contributed by atoms with Crippen molar-refractivity contribution in [2.45, 2.75) is 33.2 Å². The maximum absolute atomic E-state index is 12.8. The second-order valence-electron chi connectivity index (χ2n) is 6.71. The fourth-order valence-electron chi connectivity index (χ4n) is 3.06. The van der Waals surface area contributed by atoms with Gasteiger partial charge in [0, 0.05) is 17.8 Å². The van der Waals surface area contributed by atoms with E-state index < -0.39 is 0 Å². The highest BCUT2D eigenvalue weighted by atomic mass is 32.1. The fourth-order valence-corrected chi connectivity index (χ4v) is 4.01. The molecular weight excluding hydrogens is 350 g/mol. The Kier molecular flexibility index (Phi) is 5.43. The van der Waals surface area contributed by atoms with Crippen molar-refractivity contribution in [2.75, 3.05) is 27.2 Å². The maximum Gasteiger partial charge on any atom is 0.291 e. The van der Waals surface area contributed by atoms with Gasteiger partial charge in [-0.2, -0.15) is 5.10 Å². The van der Waals surface area contributed by atoms with E-state index in [-0.39, 0.29) is 18.0 Å². The molecule has 0 saturated heterocycles. The third-order valence-electron chi connectivity index (χ3n) is 4.27. The summed E-state index contributed by atoms with van der Waals surface area (Å²) in [4.78, 5) is 28.3. The van der Waals surface area contributed by atoms with Crippen molar-refractivity contribution < 1.29 is 4.79 Å². The molecule has 0 radical (unpaired) electrons. The van der Waals surface area contributed by atoms with Gasteiger partial charge in [-0.05, 0) is 46.1 Å². The maximum atomic E-state index is 12.8. The molecule has 3 aromatic rings.